The average molecular weight is 454 g/mol. The molecule has 0 unspecified atom stereocenters. The number of nitro groups is 1. The number of aromatic nitrogens is 2. The van der Waals surface area contributed by atoms with Gasteiger partial charge in [0.05, 0.1) is 15.1 Å². The van der Waals surface area contributed by atoms with Crippen LogP contribution in [0.3, 0.4) is 0 Å². The Kier molecular flexibility index (Phi) is 5.56. The number of nitrogens with zero attached hydrogens (tertiary/aromatic N) is 3. The summed E-state index contributed by atoms with van der Waals surface area (Å²) in [6.45, 7) is 1.92. The molecule has 0 aliphatic rings. The molecule has 3 amide bonds. The Bertz CT molecular complexity index is 1320. The number of carbonyl (C=O) groups excluding carboxylic acids is 2. The van der Waals surface area contributed by atoms with Crippen molar-refractivity contribution < 1.29 is 14.5 Å². The first-order valence-corrected chi connectivity index (χ1v) is 10.5. The number of urea groups is 1. The van der Waals surface area contributed by atoms with Crippen LogP contribution < -0.4 is 16.0 Å². The summed E-state index contributed by atoms with van der Waals surface area (Å²) >= 11 is 2.22. The Labute approximate surface area is 183 Å². The monoisotopic (exact) mass is 454 g/mol. The predicted molar refractivity (Wildman–Crippen MR) is 120 cm³/mol. The number of anilines is 3. The molecule has 31 heavy (non-hydrogen) atoms. The van der Waals surface area contributed by atoms with E-state index in [4.69, 9.17) is 0 Å². The lowest BCUT2D eigenvalue weighted by molar-refractivity contribution is -0.384. The molecule has 0 atom stereocenters. The topological polar surface area (TPSA) is 139 Å². The van der Waals surface area contributed by atoms with Gasteiger partial charge in [-0.3, -0.25) is 25.5 Å². The summed E-state index contributed by atoms with van der Waals surface area (Å²) in [5.41, 5.74) is 2.26. The van der Waals surface area contributed by atoms with E-state index in [1.807, 2.05) is 25.1 Å². The number of nitrogens with one attached hydrogen (secondary N) is 3. The molecular weight excluding hydrogens is 440 g/mol. The molecule has 2 heterocycles. The Morgan fingerprint density at radius 2 is 1.87 bits per heavy atom. The fourth-order valence-electron chi connectivity index (χ4n) is 2.66. The van der Waals surface area contributed by atoms with E-state index in [9.17, 15) is 19.7 Å². The third-order valence-electron chi connectivity index (χ3n) is 4.04. The molecule has 2 aromatic heterocycles. The Balaban J connectivity index is 1.40. The minimum Gasteiger partial charge on any atom is -0.308 e. The zero-order valence-electron chi connectivity index (χ0n) is 15.9. The molecule has 4 rings (SSSR count). The number of aryl methyl sites for hydroxylation is 1. The van der Waals surface area contributed by atoms with Gasteiger partial charge in [0.1, 0.15) is 5.69 Å². The van der Waals surface area contributed by atoms with Gasteiger partial charge in [-0.2, -0.15) is 0 Å². The van der Waals surface area contributed by atoms with Gasteiger partial charge in [-0.25, -0.2) is 14.8 Å². The van der Waals surface area contributed by atoms with Crippen LogP contribution in [0.1, 0.15) is 16.1 Å². The van der Waals surface area contributed by atoms with Gasteiger partial charge < -0.3 is 5.32 Å². The van der Waals surface area contributed by atoms with Gasteiger partial charge in [0.15, 0.2) is 10.3 Å². The van der Waals surface area contributed by atoms with Crippen LogP contribution in [0.15, 0.2) is 47.8 Å². The van der Waals surface area contributed by atoms with Gasteiger partial charge in [-0.05, 0) is 30.7 Å². The Hall–Kier alpha value is -3.90. The molecule has 0 saturated carbocycles. The number of hydrogen-bond acceptors (Lipinski definition) is 8. The highest BCUT2D eigenvalue weighted by Gasteiger charge is 2.16. The van der Waals surface area contributed by atoms with Gasteiger partial charge in [0.25, 0.3) is 11.6 Å². The van der Waals surface area contributed by atoms with E-state index < -0.39 is 16.9 Å². The fourth-order valence-corrected chi connectivity index (χ4v) is 4.24. The third kappa shape index (κ3) is 4.82. The lowest BCUT2D eigenvalue weighted by Gasteiger charge is -2.05. The molecule has 4 aromatic rings. The minimum atomic E-state index is -0.503. The van der Waals surface area contributed by atoms with Crippen molar-refractivity contribution in [2.45, 2.75) is 6.92 Å². The van der Waals surface area contributed by atoms with Crippen LogP contribution >= 0.6 is 22.7 Å². The standard InChI is InChI=1S/C19H14N6O4S2/c1-10-3-2-4-11(7-10)20-17(27)24-18-22-14(9-30-18)16(26)23-19-21-13-6-5-12(25(28)29)8-15(13)31-19/h2-9H,1H3,(H,21,23,26)(H2,20,22,24,27). The normalized spacial score (nSPS) is 10.6. The van der Waals surface area contributed by atoms with E-state index in [1.54, 1.807) is 6.07 Å². The molecule has 0 aliphatic carbocycles. The summed E-state index contributed by atoms with van der Waals surface area (Å²) in [6.07, 6.45) is 0. The van der Waals surface area contributed by atoms with E-state index in [-0.39, 0.29) is 16.5 Å². The van der Waals surface area contributed by atoms with Gasteiger partial charge in [-0.15, -0.1) is 11.3 Å². The predicted octanol–water partition coefficient (Wildman–Crippen LogP) is 4.87. The highest BCUT2D eigenvalue weighted by Crippen LogP contribution is 2.29. The number of benzene rings is 2. The van der Waals surface area contributed by atoms with Crippen LogP contribution in [0.5, 0.6) is 0 Å². The quantitative estimate of drug-likeness (QED) is 0.290. The largest absolute Gasteiger partial charge is 0.325 e. The first-order valence-electron chi connectivity index (χ1n) is 8.84. The molecule has 0 bridgehead atoms. The molecule has 0 saturated heterocycles. The summed E-state index contributed by atoms with van der Waals surface area (Å²) in [6, 6.07) is 11.1. The Morgan fingerprint density at radius 1 is 1.03 bits per heavy atom. The van der Waals surface area contributed by atoms with E-state index in [0.717, 1.165) is 28.2 Å². The van der Waals surface area contributed by atoms with E-state index in [0.29, 0.717) is 21.0 Å². The fraction of sp³-hybridized carbons (Fsp3) is 0.0526. The summed E-state index contributed by atoms with van der Waals surface area (Å²) in [5, 5.41) is 20.9. The third-order valence-corrected chi connectivity index (χ3v) is 5.73. The van der Waals surface area contributed by atoms with Gasteiger partial charge >= 0.3 is 6.03 Å². The van der Waals surface area contributed by atoms with E-state index in [2.05, 4.69) is 25.9 Å². The number of hydrogen-bond donors (Lipinski definition) is 3. The molecule has 12 heteroatoms. The molecule has 0 radical (unpaired) electrons. The van der Waals surface area contributed by atoms with Crippen molar-refractivity contribution in [3.05, 3.63) is 69.2 Å². The van der Waals surface area contributed by atoms with Crippen molar-refractivity contribution in [3.63, 3.8) is 0 Å². The van der Waals surface area contributed by atoms with Gasteiger partial charge in [0.2, 0.25) is 0 Å². The lowest BCUT2D eigenvalue weighted by atomic mass is 10.2. The average Bonchev–Trinajstić information content (AvgIpc) is 3.33. The van der Waals surface area contributed by atoms with Crippen molar-refractivity contribution in [1.82, 2.24) is 9.97 Å². The molecule has 156 valence electrons. The molecule has 10 nitrogen and oxygen atoms in total. The van der Waals surface area contributed by atoms with Gasteiger partial charge in [-0.1, -0.05) is 23.5 Å². The molecule has 3 N–H and O–H groups in total. The van der Waals surface area contributed by atoms with Crippen LogP contribution in [-0.4, -0.2) is 26.8 Å². The van der Waals surface area contributed by atoms with Crippen LogP contribution in [0.25, 0.3) is 10.2 Å². The van der Waals surface area contributed by atoms with Crippen molar-refractivity contribution in [2.24, 2.45) is 0 Å². The minimum absolute atomic E-state index is 0.0480. The van der Waals surface area contributed by atoms with Crippen molar-refractivity contribution in [1.29, 1.82) is 0 Å². The zero-order valence-corrected chi connectivity index (χ0v) is 17.5. The maximum atomic E-state index is 12.5. The molecular formula is C19H14N6O4S2. The molecule has 0 spiro atoms. The number of fused-ring (bicyclic) bond motifs is 1. The number of amides is 3. The highest BCUT2D eigenvalue weighted by atomic mass is 32.1. The van der Waals surface area contributed by atoms with Crippen LogP contribution in [0.4, 0.5) is 26.4 Å². The summed E-state index contributed by atoms with van der Waals surface area (Å²) in [7, 11) is 0. The summed E-state index contributed by atoms with van der Waals surface area (Å²) in [4.78, 5) is 43.3. The van der Waals surface area contributed by atoms with E-state index in [1.165, 1.54) is 23.6 Å². The second kappa shape index (κ2) is 8.45. The smallest absolute Gasteiger partial charge is 0.308 e. The first kappa shape index (κ1) is 20.4. The second-order valence-corrected chi connectivity index (χ2v) is 8.26. The number of thiazole rings is 2. The zero-order chi connectivity index (χ0) is 22.0. The summed E-state index contributed by atoms with van der Waals surface area (Å²) in [5.74, 6) is -0.503. The molecule has 0 aliphatic heterocycles. The SMILES string of the molecule is Cc1cccc(NC(=O)Nc2nc(C(=O)Nc3nc4ccc([N+](=O)[O-])cc4s3)cs2)c1. The van der Waals surface area contributed by atoms with Crippen LogP contribution in [0, 0.1) is 17.0 Å². The molecule has 2 aromatic carbocycles. The Morgan fingerprint density at radius 3 is 2.65 bits per heavy atom. The molecule has 0 fully saturated rings. The van der Waals surface area contributed by atoms with Crippen molar-refractivity contribution in [2.75, 3.05) is 16.0 Å². The number of non-ortho nitro benzene ring substituents is 1. The summed E-state index contributed by atoms with van der Waals surface area (Å²) < 4.78 is 0.581. The first-order chi connectivity index (χ1) is 14.9. The second-order valence-electron chi connectivity index (χ2n) is 6.37. The maximum Gasteiger partial charge on any atom is 0.325 e. The highest BCUT2D eigenvalue weighted by molar-refractivity contribution is 7.22. The van der Waals surface area contributed by atoms with Crippen LogP contribution in [-0.2, 0) is 0 Å². The van der Waals surface area contributed by atoms with Gasteiger partial charge in [0, 0.05) is 23.2 Å². The number of nitro benzene ring substituents is 1. The lowest BCUT2D eigenvalue weighted by Crippen LogP contribution is -2.19. The van der Waals surface area contributed by atoms with E-state index >= 15 is 0 Å². The number of carbonyl (C=O) groups is 2. The van der Waals surface area contributed by atoms with Crippen LogP contribution in [0.2, 0.25) is 0 Å². The maximum absolute atomic E-state index is 12.5. The van der Waals surface area contributed by atoms with Crippen molar-refractivity contribution >= 4 is 66.5 Å². The van der Waals surface area contributed by atoms with Crippen molar-refractivity contribution in [3.8, 4) is 0 Å². The number of rotatable bonds is 5.